The van der Waals surface area contributed by atoms with Crippen LogP contribution in [0.2, 0.25) is 0 Å². The maximum atomic E-state index is 11.9. The Kier molecular flexibility index (Phi) is 4.26. The van der Waals surface area contributed by atoms with Gasteiger partial charge in [0.2, 0.25) is 0 Å². The number of carbonyl (C=O) groups is 1. The van der Waals surface area contributed by atoms with Crippen molar-refractivity contribution in [2.75, 3.05) is 6.54 Å². The fourth-order valence-corrected chi connectivity index (χ4v) is 1.45. The lowest BCUT2D eigenvalue weighted by Crippen LogP contribution is -2.23. The fourth-order valence-electron chi connectivity index (χ4n) is 1.45. The van der Waals surface area contributed by atoms with Crippen LogP contribution in [0.4, 0.5) is 0 Å². The van der Waals surface area contributed by atoms with Crippen LogP contribution >= 0.6 is 0 Å². The van der Waals surface area contributed by atoms with Crippen molar-refractivity contribution in [1.82, 2.24) is 20.3 Å². The number of imidazole rings is 1. The number of aromatic amines is 1. The van der Waals surface area contributed by atoms with Crippen LogP contribution in [-0.4, -0.2) is 27.4 Å². The molecule has 4 N–H and O–H groups in total. The van der Waals surface area contributed by atoms with E-state index in [2.05, 4.69) is 32.1 Å². The van der Waals surface area contributed by atoms with Gasteiger partial charge in [-0.25, -0.2) is 4.98 Å². The van der Waals surface area contributed by atoms with Crippen LogP contribution in [-0.2, 0) is 6.54 Å². The Hall–Kier alpha value is -2.65. The Balaban J connectivity index is 2.02. The summed E-state index contributed by atoms with van der Waals surface area (Å²) in [6, 6.07) is 1.67. The van der Waals surface area contributed by atoms with Crippen LogP contribution in [0.5, 0.6) is 0 Å². The van der Waals surface area contributed by atoms with Crippen molar-refractivity contribution in [3.8, 4) is 11.8 Å². The SMILES string of the molecule is NCC#Cc1cncc(C(=O)NCc2ncc[nH]2)c1. The summed E-state index contributed by atoms with van der Waals surface area (Å²) in [6.45, 7) is 0.611. The molecule has 19 heavy (non-hydrogen) atoms. The summed E-state index contributed by atoms with van der Waals surface area (Å²) in [4.78, 5) is 22.8. The molecule has 0 saturated carbocycles. The minimum Gasteiger partial charge on any atom is -0.347 e. The maximum Gasteiger partial charge on any atom is 0.253 e. The predicted molar refractivity (Wildman–Crippen MR) is 69.9 cm³/mol. The molecule has 6 nitrogen and oxygen atoms in total. The Bertz CT molecular complexity index is 609. The van der Waals surface area contributed by atoms with E-state index in [1.54, 1.807) is 24.7 Å². The van der Waals surface area contributed by atoms with E-state index in [9.17, 15) is 4.79 Å². The van der Waals surface area contributed by atoms with Gasteiger partial charge in [-0.1, -0.05) is 11.8 Å². The second kappa shape index (κ2) is 6.33. The molecule has 2 rings (SSSR count). The average Bonchev–Trinajstić information content (AvgIpc) is 2.96. The third kappa shape index (κ3) is 3.66. The summed E-state index contributed by atoms with van der Waals surface area (Å²) < 4.78 is 0. The molecule has 0 aliphatic rings. The standard InChI is InChI=1S/C13H13N5O/c14-3-1-2-10-6-11(8-15-7-10)13(19)18-9-12-16-4-5-17-12/h4-8H,3,9,14H2,(H,16,17)(H,18,19). The second-order valence-corrected chi connectivity index (χ2v) is 3.69. The van der Waals surface area contributed by atoms with Crippen molar-refractivity contribution >= 4 is 5.91 Å². The number of H-pyrrole nitrogens is 1. The van der Waals surface area contributed by atoms with Gasteiger partial charge in [-0.15, -0.1) is 0 Å². The number of hydrogen-bond donors (Lipinski definition) is 3. The van der Waals surface area contributed by atoms with Gasteiger partial charge in [0.1, 0.15) is 5.82 Å². The molecular formula is C13H13N5O. The number of nitrogens with one attached hydrogen (secondary N) is 2. The van der Waals surface area contributed by atoms with Crippen molar-refractivity contribution in [1.29, 1.82) is 0 Å². The molecule has 0 aliphatic heterocycles. The molecule has 2 aromatic heterocycles. The van der Waals surface area contributed by atoms with E-state index in [0.717, 1.165) is 0 Å². The molecule has 0 bridgehead atoms. The first kappa shape index (κ1) is 12.8. The summed E-state index contributed by atoms with van der Waals surface area (Å²) in [6.07, 6.45) is 6.41. The van der Waals surface area contributed by atoms with Crippen molar-refractivity contribution in [3.63, 3.8) is 0 Å². The zero-order valence-corrected chi connectivity index (χ0v) is 10.2. The van der Waals surface area contributed by atoms with Gasteiger partial charge in [-0.3, -0.25) is 9.78 Å². The molecule has 1 amide bonds. The molecule has 6 heteroatoms. The van der Waals surface area contributed by atoms with Crippen LogP contribution in [0.25, 0.3) is 0 Å². The third-order valence-corrected chi connectivity index (χ3v) is 2.31. The largest absolute Gasteiger partial charge is 0.347 e. The molecule has 0 aliphatic carbocycles. The van der Waals surface area contributed by atoms with E-state index in [1.165, 1.54) is 6.20 Å². The van der Waals surface area contributed by atoms with Gasteiger partial charge in [0, 0.05) is 30.4 Å². The van der Waals surface area contributed by atoms with Crippen LogP contribution in [0.3, 0.4) is 0 Å². The van der Waals surface area contributed by atoms with E-state index in [1.807, 2.05) is 0 Å². The monoisotopic (exact) mass is 255 g/mol. The molecule has 0 unspecified atom stereocenters. The van der Waals surface area contributed by atoms with E-state index in [-0.39, 0.29) is 12.5 Å². The summed E-state index contributed by atoms with van der Waals surface area (Å²) in [5.41, 5.74) is 6.41. The van der Waals surface area contributed by atoms with Crippen molar-refractivity contribution in [2.45, 2.75) is 6.54 Å². The number of pyridine rings is 1. The van der Waals surface area contributed by atoms with Gasteiger partial charge in [0.25, 0.3) is 5.91 Å². The van der Waals surface area contributed by atoms with Crippen LogP contribution in [0, 0.1) is 11.8 Å². The molecule has 0 atom stereocenters. The van der Waals surface area contributed by atoms with Gasteiger partial charge >= 0.3 is 0 Å². The highest BCUT2D eigenvalue weighted by atomic mass is 16.1. The minimum atomic E-state index is -0.222. The topological polar surface area (TPSA) is 96.7 Å². The first-order valence-electron chi connectivity index (χ1n) is 5.70. The summed E-state index contributed by atoms with van der Waals surface area (Å²) >= 11 is 0. The maximum absolute atomic E-state index is 11.9. The van der Waals surface area contributed by atoms with E-state index < -0.39 is 0 Å². The first-order valence-corrected chi connectivity index (χ1v) is 5.70. The molecule has 2 aromatic rings. The Morgan fingerprint density at radius 1 is 1.47 bits per heavy atom. The summed E-state index contributed by atoms with van der Waals surface area (Å²) in [7, 11) is 0. The van der Waals surface area contributed by atoms with Crippen LogP contribution in [0.15, 0.2) is 30.9 Å². The molecule has 2 heterocycles. The Morgan fingerprint density at radius 3 is 3.11 bits per heavy atom. The van der Waals surface area contributed by atoms with Crippen LogP contribution in [0.1, 0.15) is 21.7 Å². The number of nitrogens with two attached hydrogens (primary N) is 1. The normalized spacial score (nSPS) is 9.53. The van der Waals surface area contributed by atoms with Gasteiger partial charge in [0.15, 0.2) is 0 Å². The smallest absolute Gasteiger partial charge is 0.253 e. The second-order valence-electron chi connectivity index (χ2n) is 3.69. The molecule has 0 radical (unpaired) electrons. The number of carbonyl (C=O) groups excluding carboxylic acids is 1. The Morgan fingerprint density at radius 2 is 2.37 bits per heavy atom. The average molecular weight is 255 g/mol. The minimum absolute atomic E-state index is 0.222. The van der Waals surface area contributed by atoms with E-state index >= 15 is 0 Å². The lowest BCUT2D eigenvalue weighted by atomic mass is 10.2. The van der Waals surface area contributed by atoms with Crippen molar-refractivity contribution < 1.29 is 4.79 Å². The van der Waals surface area contributed by atoms with Crippen molar-refractivity contribution in [3.05, 3.63) is 47.8 Å². The lowest BCUT2D eigenvalue weighted by molar-refractivity contribution is 0.0949. The van der Waals surface area contributed by atoms with E-state index in [0.29, 0.717) is 23.5 Å². The molecule has 0 spiro atoms. The van der Waals surface area contributed by atoms with Gasteiger partial charge in [0.05, 0.1) is 18.7 Å². The lowest BCUT2D eigenvalue weighted by Gasteiger charge is -2.03. The number of rotatable bonds is 3. The summed E-state index contributed by atoms with van der Waals surface area (Å²) in [5, 5.41) is 2.74. The molecule has 96 valence electrons. The van der Waals surface area contributed by atoms with Gasteiger partial charge in [-0.2, -0.15) is 0 Å². The highest BCUT2D eigenvalue weighted by Gasteiger charge is 2.06. The van der Waals surface area contributed by atoms with E-state index in [4.69, 9.17) is 5.73 Å². The number of amides is 1. The molecule has 0 fully saturated rings. The van der Waals surface area contributed by atoms with Gasteiger partial charge < -0.3 is 16.0 Å². The quantitative estimate of drug-likeness (QED) is 0.675. The third-order valence-electron chi connectivity index (χ3n) is 2.31. The molecule has 0 saturated heterocycles. The number of aromatic nitrogens is 3. The predicted octanol–water partition coefficient (Wildman–Crippen LogP) is 0.0449. The van der Waals surface area contributed by atoms with Gasteiger partial charge in [-0.05, 0) is 6.07 Å². The Labute approximate surface area is 110 Å². The molecule has 0 aromatic carbocycles. The first-order chi connectivity index (χ1) is 9.29. The summed E-state index contributed by atoms with van der Waals surface area (Å²) in [5.74, 6) is 6.02. The zero-order valence-electron chi connectivity index (χ0n) is 10.2. The molecular weight excluding hydrogens is 242 g/mol. The number of hydrogen-bond acceptors (Lipinski definition) is 4. The van der Waals surface area contributed by atoms with Crippen molar-refractivity contribution in [2.24, 2.45) is 5.73 Å². The zero-order chi connectivity index (χ0) is 13.5. The number of nitrogens with zero attached hydrogens (tertiary/aromatic N) is 2. The fraction of sp³-hybridized carbons (Fsp3) is 0.154. The highest BCUT2D eigenvalue weighted by Crippen LogP contribution is 2.02. The highest BCUT2D eigenvalue weighted by molar-refractivity contribution is 5.94. The van der Waals surface area contributed by atoms with Crippen LogP contribution < -0.4 is 11.1 Å².